The number of hydrogen-bond donors (Lipinski definition) is 0. The molecule has 0 radical (unpaired) electrons. The van der Waals surface area contributed by atoms with E-state index in [0.29, 0.717) is 50.4 Å². The average molecular weight is 260 g/mol. The van der Waals surface area contributed by atoms with Crippen LogP contribution in [0.15, 0.2) is 11.5 Å². The summed E-state index contributed by atoms with van der Waals surface area (Å²) in [6.45, 7) is -3.69. The fourth-order valence-electron chi connectivity index (χ4n) is 2.17. The first-order valence-electron chi connectivity index (χ1n) is 5.18. The Hall–Kier alpha value is 1.15. The molecule has 7 heteroatoms. The van der Waals surface area contributed by atoms with E-state index in [1.54, 1.807) is 0 Å². The molecule has 1 saturated carbocycles. The third kappa shape index (κ3) is 4.12. The maximum absolute atomic E-state index is 12.1. The van der Waals surface area contributed by atoms with Crippen LogP contribution in [0.25, 0.3) is 0 Å². The van der Waals surface area contributed by atoms with Crippen molar-refractivity contribution in [3.05, 3.63) is 11.5 Å². The van der Waals surface area contributed by atoms with Crippen molar-refractivity contribution in [3.8, 4) is 0 Å². The maximum Gasteiger partial charge on any atom is 1.00 e. The molecule has 0 aromatic heterocycles. The van der Waals surface area contributed by atoms with Gasteiger partial charge in [0.25, 0.3) is 0 Å². The molecule has 0 unspecified atom stereocenters. The molecular weight excluding hydrogens is 247 g/mol. The van der Waals surface area contributed by atoms with Crippen LogP contribution in [-0.2, 0) is 9.47 Å². The molecular formula is C9H13BF3KO2. The molecule has 0 N–H and O–H groups in total. The summed E-state index contributed by atoms with van der Waals surface area (Å²) in [6, 6.07) is 0. The van der Waals surface area contributed by atoms with Crippen molar-refractivity contribution >= 4 is 6.98 Å². The second-order valence-electron chi connectivity index (χ2n) is 4.06. The van der Waals surface area contributed by atoms with E-state index in [1.807, 2.05) is 0 Å². The van der Waals surface area contributed by atoms with Crippen LogP contribution in [0, 0.1) is 0 Å². The van der Waals surface area contributed by atoms with Gasteiger partial charge < -0.3 is 22.4 Å². The van der Waals surface area contributed by atoms with Crippen molar-refractivity contribution in [2.75, 3.05) is 13.2 Å². The fourth-order valence-corrected chi connectivity index (χ4v) is 2.17. The third-order valence-corrected chi connectivity index (χ3v) is 2.89. The third-order valence-electron chi connectivity index (χ3n) is 2.89. The van der Waals surface area contributed by atoms with Crippen molar-refractivity contribution in [1.29, 1.82) is 0 Å². The van der Waals surface area contributed by atoms with Crippen molar-refractivity contribution < 1.29 is 73.8 Å². The van der Waals surface area contributed by atoms with Gasteiger partial charge in [-0.05, 0) is 12.8 Å². The molecule has 1 saturated heterocycles. The van der Waals surface area contributed by atoms with E-state index >= 15 is 0 Å². The monoisotopic (exact) mass is 260 g/mol. The van der Waals surface area contributed by atoms with Crippen LogP contribution in [0.5, 0.6) is 0 Å². The van der Waals surface area contributed by atoms with Crippen molar-refractivity contribution in [2.24, 2.45) is 0 Å². The average Bonchev–Trinajstić information content (AvgIpc) is 2.56. The SMILES string of the molecule is F[B-](F)(F)C=C1CCC2(CC1)OCCO2.[K+]. The molecule has 0 atom stereocenters. The second-order valence-corrected chi connectivity index (χ2v) is 4.06. The Morgan fingerprint density at radius 2 is 1.56 bits per heavy atom. The number of halogens is 3. The van der Waals surface area contributed by atoms with Gasteiger partial charge in [0.1, 0.15) is 0 Å². The van der Waals surface area contributed by atoms with E-state index in [9.17, 15) is 12.9 Å². The molecule has 1 heterocycles. The molecule has 1 aliphatic heterocycles. The molecule has 2 aliphatic rings. The predicted molar refractivity (Wildman–Crippen MR) is 50.3 cm³/mol. The standard InChI is InChI=1S/C9H13BF3O2.K/c11-10(12,13)7-8-1-3-9(4-2-8)14-5-6-15-9;/h7H,1-6H2;/q-1;+1. The van der Waals surface area contributed by atoms with E-state index in [2.05, 4.69) is 0 Å². The molecule has 0 amide bonds. The summed E-state index contributed by atoms with van der Waals surface area (Å²) in [5.41, 5.74) is 0.479. The molecule has 1 aliphatic carbocycles. The second kappa shape index (κ2) is 5.86. The van der Waals surface area contributed by atoms with E-state index in [0.717, 1.165) is 0 Å². The van der Waals surface area contributed by atoms with Gasteiger partial charge in [0.05, 0.1) is 13.2 Å². The van der Waals surface area contributed by atoms with Crippen LogP contribution in [0.4, 0.5) is 12.9 Å². The van der Waals surface area contributed by atoms with Gasteiger partial charge in [-0.15, -0.1) is 11.5 Å². The fraction of sp³-hybridized carbons (Fsp3) is 0.778. The topological polar surface area (TPSA) is 18.5 Å². The molecule has 86 valence electrons. The zero-order valence-electron chi connectivity index (χ0n) is 9.35. The molecule has 2 rings (SSSR count). The van der Waals surface area contributed by atoms with Gasteiger partial charge in [0, 0.05) is 12.8 Å². The maximum atomic E-state index is 12.1. The van der Waals surface area contributed by atoms with Crippen LogP contribution in [0.2, 0.25) is 0 Å². The van der Waals surface area contributed by atoms with Gasteiger partial charge in [-0.25, -0.2) is 0 Å². The Morgan fingerprint density at radius 1 is 1.06 bits per heavy atom. The normalized spacial score (nSPS) is 24.3. The van der Waals surface area contributed by atoms with Crippen molar-refractivity contribution in [1.82, 2.24) is 0 Å². The first kappa shape index (κ1) is 15.2. The molecule has 0 aromatic rings. The summed E-state index contributed by atoms with van der Waals surface area (Å²) in [4.78, 5) is 0. The number of allylic oxidation sites excluding steroid dienone is 1. The Kier molecular flexibility index (Phi) is 5.57. The molecule has 0 bridgehead atoms. The van der Waals surface area contributed by atoms with E-state index < -0.39 is 12.8 Å². The van der Waals surface area contributed by atoms with Crippen LogP contribution in [0.1, 0.15) is 25.7 Å². The molecule has 2 nitrogen and oxygen atoms in total. The minimum absolute atomic E-state index is 0. The van der Waals surface area contributed by atoms with Crippen LogP contribution in [0.3, 0.4) is 0 Å². The Balaban J connectivity index is 0.00000128. The van der Waals surface area contributed by atoms with Gasteiger partial charge in [-0.2, -0.15) is 0 Å². The largest absolute Gasteiger partial charge is 1.00 e. The molecule has 1 spiro atoms. The minimum Gasteiger partial charge on any atom is -0.445 e. The molecule has 0 aromatic carbocycles. The minimum atomic E-state index is -4.80. The zero-order chi connectivity index (χ0) is 10.9. The van der Waals surface area contributed by atoms with Crippen LogP contribution < -0.4 is 51.4 Å². The Labute approximate surface area is 135 Å². The number of rotatable bonds is 1. The van der Waals surface area contributed by atoms with E-state index in [1.165, 1.54) is 0 Å². The Morgan fingerprint density at radius 3 is 2.00 bits per heavy atom. The summed E-state index contributed by atoms with van der Waals surface area (Å²) in [5.74, 6) is -0.0995. The van der Waals surface area contributed by atoms with Gasteiger partial charge >= 0.3 is 58.4 Å². The quantitative estimate of drug-likeness (QED) is 0.598. The van der Waals surface area contributed by atoms with E-state index in [4.69, 9.17) is 9.47 Å². The summed E-state index contributed by atoms with van der Waals surface area (Å²) < 4.78 is 47.3. The van der Waals surface area contributed by atoms with Crippen LogP contribution >= 0.6 is 0 Å². The summed E-state index contributed by atoms with van der Waals surface area (Å²) in [5, 5.41) is 0. The van der Waals surface area contributed by atoms with Crippen molar-refractivity contribution in [3.63, 3.8) is 0 Å². The molecule has 16 heavy (non-hydrogen) atoms. The smallest absolute Gasteiger partial charge is 0.445 e. The van der Waals surface area contributed by atoms with Crippen molar-refractivity contribution in [2.45, 2.75) is 31.5 Å². The van der Waals surface area contributed by atoms with E-state index in [-0.39, 0.29) is 51.4 Å². The van der Waals surface area contributed by atoms with Gasteiger partial charge in [0.2, 0.25) is 0 Å². The van der Waals surface area contributed by atoms with Crippen LogP contribution in [-0.4, -0.2) is 26.0 Å². The Bertz CT molecular complexity index is 262. The number of ether oxygens (including phenoxy) is 2. The summed E-state index contributed by atoms with van der Waals surface area (Å²) in [7, 11) is 0. The first-order chi connectivity index (χ1) is 6.99. The zero-order valence-corrected chi connectivity index (χ0v) is 12.5. The predicted octanol–water partition coefficient (Wildman–Crippen LogP) is -0.380. The van der Waals surface area contributed by atoms with Gasteiger partial charge in [0.15, 0.2) is 5.79 Å². The summed E-state index contributed by atoms with van der Waals surface area (Å²) in [6.07, 6.45) is 1.96. The van der Waals surface area contributed by atoms with Gasteiger partial charge in [-0.1, -0.05) is 0 Å². The number of hydrogen-bond acceptors (Lipinski definition) is 2. The first-order valence-corrected chi connectivity index (χ1v) is 5.18. The van der Waals surface area contributed by atoms with Gasteiger partial charge in [-0.3, -0.25) is 0 Å². The summed E-state index contributed by atoms with van der Waals surface area (Å²) >= 11 is 0. The molecule has 2 fully saturated rings.